The van der Waals surface area contributed by atoms with Crippen molar-refractivity contribution in [3.63, 3.8) is 0 Å². The highest BCUT2D eigenvalue weighted by atomic mass is 16.5. The minimum absolute atomic E-state index is 0.00643. The minimum atomic E-state index is -0.495. The molecule has 2 aromatic rings. The number of likely N-dealkylation sites (N-methyl/N-ethyl adjacent to an activating group) is 1. The Labute approximate surface area is 141 Å². The first-order valence-corrected chi connectivity index (χ1v) is 8.37. The number of ether oxygens (including phenoxy) is 1. The quantitative estimate of drug-likeness (QED) is 0.890. The van der Waals surface area contributed by atoms with Gasteiger partial charge in [-0.2, -0.15) is 0 Å². The van der Waals surface area contributed by atoms with Gasteiger partial charge in [-0.1, -0.05) is 25.1 Å². The van der Waals surface area contributed by atoms with E-state index in [-0.39, 0.29) is 11.6 Å². The van der Waals surface area contributed by atoms with Gasteiger partial charge in [-0.15, -0.1) is 0 Å². The number of aliphatic hydroxyl groups is 1. The van der Waals surface area contributed by atoms with E-state index >= 15 is 0 Å². The van der Waals surface area contributed by atoms with Gasteiger partial charge in [0.25, 0.3) is 5.56 Å². The van der Waals surface area contributed by atoms with Gasteiger partial charge >= 0.3 is 0 Å². The summed E-state index contributed by atoms with van der Waals surface area (Å²) in [7, 11) is 1.90. The second-order valence-corrected chi connectivity index (χ2v) is 6.28. The van der Waals surface area contributed by atoms with E-state index in [1.807, 2.05) is 55.9 Å². The standard InChI is InChI=1S/C18H25N3O3/c1-4-20(16-11-24-12-17(16)22)10-15-13(2)19(3)21(18(15)23)14-8-6-5-7-9-14/h5-9,16-17,22H,4,10-12H2,1-3H3/t16-,17-/m0/s1. The summed E-state index contributed by atoms with van der Waals surface area (Å²) in [4.78, 5) is 15.1. The summed E-state index contributed by atoms with van der Waals surface area (Å²) >= 11 is 0. The van der Waals surface area contributed by atoms with Crippen LogP contribution in [-0.2, 0) is 18.3 Å². The second-order valence-electron chi connectivity index (χ2n) is 6.28. The molecule has 0 radical (unpaired) electrons. The molecule has 1 aliphatic rings. The van der Waals surface area contributed by atoms with E-state index in [4.69, 9.17) is 4.74 Å². The van der Waals surface area contributed by atoms with E-state index in [1.165, 1.54) is 0 Å². The molecule has 1 aromatic heterocycles. The Morgan fingerprint density at radius 1 is 1.29 bits per heavy atom. The third kappa shape index (κ3) is 2.92. The Kier molecular flexibility index (Phi) is 4.89. The van der Waals surface area contributed by atoms with Gasteiger partial charge < -0.3 is 9.84 Å². The Bertz CT molecular complexity index is 751. The lowest BCUT2D eigenvalue weighted by atomic mass is 10.1. The zero-order chi connectivity index (χ0) is 17.3. The van der Waals surface area contributed by atoms with Gasteiger partial charge in [-0.05, 0) is 25.6 Å². The molecule has 0 unspecified atom stereocenters. The van der Waals surface area contributed by atoms with Crippen molar-refractivity contribution in [2.75, 3.05) is 19.8 Å². The van der Waals surface area contributed by atoms with Crippen LogP contribution in [0.3, 0.4) is 0 Å². The zero-order valence-corrected chi connectivity index (χ0v) is 14.5. The number of nitrogens with zero attached hydrogens (tertiary/aromatic N) is 3. The molecule has 2 heterocycles. The van der Waals surface area contributed by atoms with Gasteiger partial charge in [0.1, 0.15) is 0 Å². The lowest BCUT2D eigenvalue weighted by molar-refractivity contribution is 0.0805. The number of aliphatic hydroxyl groups excluding tert-OH is 1. The molecule has 24 heavy (non-hydrogen) atoms. The fourth-order valence-electron chi connectivity index (χ4n) is 3.35. The van der Waals surface area contributed by atoms with Crippen LogP contribution in [0, 0.1) is 6.92 Å². The maximum atomic E-state index is 13.0. The summed E-state index contributed by atoms with van der Waals surface area (Å²) in [6, 6.07) is 9.58. The molecule has 6 nitrogen and oxygen atoms in total. The molecular formula is C18H25N3O3. The zero-order valence-electron chi connectivity index (χ0n) is 14.5. The van der Waals surface area contributed by atoms with Crippen molar-refractivity contribution in [1.82, 2.24) is 14.3 Å². The molecule has 0 amide bonds. The van der Waals surface area contributed by atoms with Gasteiger partial charge in [0.15, 0.2) is 0 Å². The summed E-state index contributed by atoms with van der Waals surface area (Å²) in [5, 5.41) is 10.1. The second kappa shape index (κ2) is 6.93. The molecule has 130 valence electrons. The van der Waals surface area contributed by atoms with Crippen LogP contribution in [0.2, 0.25) is 0 Å². The van der Waals surface area contributed by atoms with E-state index in [2.05, 4.69) is 4.90 Å². The largest absolute Gasteiger partial charge is 0.389 e. The van der Waals surface area contributed by atoms with Crippen molar-refractivity contribution in [3.05, 3.63) is 51.9 Å². The lowest BCUT2D eigenvalue weighted by Gasteiger charge is -2.28. The topological polar surface area (TPSA) is 59.6 Å². The van der Waals surface area contributed by atoms with Crippen molar-refractivity contribution in [3.8, 4) is 5.69 Å². The highest BCUT2D eigenvalue weighted by Crippen LogP contribution is 2.18. The number of aromatic nitrogens is 2. The fourth-order valence-corrected chi connectivity index (χ4v) is 3.35. The first-order chi connectivity index (χ1) is 11.5. The van der Waals surface area contributed by atoms with Crippen molar-refractivity contribution >= 4 is 0 Å². The van der Waals surface area contributed by atoms with Crippen LogP contribution in [0.5, 0.6) is 0 Å². The van der Waals surface area contributed by atoms with Crippen molar-refractivity contribution in [2.45, 2.75) is 32.5 Å². The van der Waals surface area contributed by atoms with Crippen molar-refractivity contribution in [2.24, 2.45) is 7.05 Å². The molecule has 6 heteroatoms. The van der Waals surface area contributed by atoms with Crippen LogP contribution >= 0.6 is 0 Å². The van der Waals surface area contributed by atoms with Crippen LogP contribution in [0.1, 0.15) is 18.2 Å². The summed E-state index contributed by atoms with van der Waals surface area (Å²) < 4.78 is 8.95. The molecule has 0 bridgehead atoms. The average Bonchev–Trinajstić information content (AvgIpc) is 3.10. The number of para-hydroxylation sites is 1. The van der Waals surface area contributed by atoms with E-state index in [0.29, 0.717) is 19.8 Å². The number of hydrogen-bond donors (Lipinski definition) is 1. The van der Waals surface area contributed by atoms with E-state index in [0.717, 1.165) is 23.5 Å². The maximum absolute atomic E-state index is 13.0. The molecular weight excluding hydrogens is 306 g/mol. The summed E-state index contributed by atoms with van der Waals surface area (Å²) in [6.45, 7) is 6.14. The number of hydrogen-bond acceptors (Lipinski definition) is 4. The SMILES string of the molecule is CCN(Cc1c(C)n(C)n(-c2ccccc2)c1=O)[C@H]1COC[C@@H]1O. The monoisotopic (exact) mass is 331 g/mol. The first kappa shape index (κ1) is 17.0. The maximum Gasteiger partial charge on any atom is 0.276 e. The molecule has 0 aliphatic carbocycles. The lowest BCUT2D eigenvalue weighted by Crippen LogP contribution is -2.43. The van der Waals surface area contributed by atoms with Crippen molar-refractivity contribution in [1.29, 1.82) is 0 Å². The predicted molar refractivity (Wildman–Crippen MR) is 92.4 cm³/mol. The summed E-state index contributed by atoms with van der Waals surface area (Å²) in [6.07, 6.45) is -0.495. The van der Waals surface area contributed by atoms with Gasteiger partial charge in [0.2, 0.25) is 0 Å². The highest BCUT2D eigenvalue weighted by molar-refractivity contribution is 5.33. The third-order valence-electron chi connectivity index (χ3n) is 4.93. The summed E-state index contributed by atoms with van der Waals surface area (Å²) in [5.74, 6) is 0. The van der Waals surface area contributed by atoms with E-state index < -0.39 is 6.10 Å². The smallest absolute Gasteiger partial charge is 0.276 e. The molecule has 0 spiro atoms. The van der Waals surface area contributed by atoms with E-state index in [9.17, 15) is 9.90 Å². The van der Waals surface area contributed by atoms with Gasteiger partial charge in [0, 0.05) is 19.3 Å². The molecule has 1 aliphatic heterocycles. The van der Waals surface area contributed by atoms with Gasteiger partial charge in [-0.3, -0.25) is 14.4 Å². The number of rotatable bonds is 5. The van der Waals surface area contributed by atoms with Gasteiger partial charge in [-0.25, -0.2) is 4.68 Å². The number of benzene rings is 1. The first-order valence-electron chi connectivity index (χ1n) is 8.37. The van der Waals surface area contributed by atoms with Crippen LogP contribution in [0.4, 0.5) is 0 Å². The van der Waals surface area contributed by atoms with Gasteiger partial charge in [0.05, 0.1) is 36.6 Å². The van der Waals surface area contributed by atoms with Crippen LogP contribution in [-0.4, -0.2) is 51.3 Å². The Balaban J connectivity index is 1.96. The molecule has 1 aromatic carbocycles. The van der Waals surface area contributed by atoms with Crippen molar-refractivity contribution < 1.29 is 9.84 Å². The highest BCUT2D eigenvalue weighted by Gasteiger charge is 2.32. The van der Waals surface area contributed by atoms with Crippen LogP contribution in [0.15, 0.2) is 35.1 Å². The summed E-state index contributed by atoms with van der Waals surface area (Å²) in [5.41, 5.74) is 2.55. The predicted octanol–water partition coefficient (Wildman–Crippen LogP) is 1.07. The van der Waals surface area contributed by atoms with Crippen LogP contribution < -0.4 is 5.56 Å². The van der Waals surface area contributed by atoms with E-state index in [1.54, 1.807) is 4.68 Å². The molecule has 1 fully saturated rings. The Hall–Kier alpha value is -1.89. The molecule has 2 atom stereocenters. The molecule has 1 saturated heterocycles. The third-order valence-corrected chi connectivity index (χ3v) is 4.93. The average molecular weight is 331 g/mol. The minimum Gasteiger partial charge on any atom is -0.389 e. The van der Waals surface area contributed by atoms with Crippen LogP contribution in [0.25, 0.3) is 5.69 Å². The Morgan fingerprint density at radius 3 is 2.58 bits per heavy atom. The molecule has 0 saturated carbocycles. The normalized spacial score (nSPS) is 20.9. The Morgan fingerprint density at radius 2 is 2.00 bits per heavy atom. The molecule has 1 N–H and O–H groups in total. The fraction of sp³-hybridized carbons (Fsp3) is 0.500. The molecule has 3 rings (SSSR count).